The van der Waals surface area contributed by atoms with Crippen molar-refractivity contribution in [3.8, 4) is 0 Å². The van der Waals surface area contributed by atoms with E-state index in [2.05, 4.69) is 5.32 Å². The number of nitrogens with one attached hydrogen (secondary N) is 1. The quantitative estimate of drug-likeness (QED) is 0.819. The Balaban J connectivity index is 2.15. The SMILES string of the molecule is CN(C)C(=O)CCNC1CCN(CC(F)(F)F)CC1. The molecule has 0 aliphatic carbocycles. The summed E-state index contributed by atoms with van der Waals surface area (Å²) >= 11 is 0. The van der Waals surface area contributed by atoms with E-state index in [4.69, 9.17) is 0 Å². The molecular weight excluding hydrogens is 259 g/mol. The standard InChI is InChI=1S/C12H22F3N3O/c1-17(2)11(19)3-6-16-10-4-7-18(8-5-10)9-12(13,14)15/h10,16H,3-9H2,1-2H3. The molecule has 0 unspecified atom stereocenters. The second kappa shape index (κ2) is 7.09. The number of carbonyl (C=O) groups is 1. The van der Waals surface area contributed by atoms with Crippen molar-refractivity contribution in [3.05, 3.63) is 0 Å². The molecule has 0 bridgehead atoms. The largest absolute Gasteiger partial charge is 0.401 e. The highest BCUT2D eigenvalue weighted by Crippen LogP contribution is 2.19. The van der Waals surface area contributed by atoms with E-state index in [9.17, 15) is 18.0 Å². The van der Waals surface area contributed by atoms with Gasteiger partial charge in [-0.3, -0.25) is 9.69 Å². The number of hydrogen-bond donors (Lipinski definition) is 1. The van der Waals surface area contributed by atoms with Gasteiger partial charge in [0.15, 0.2) is 0 Å². The van der Waals surface area contributed by atoms with Crippen LogP contribution in [0.25, 0.3) is 0 Å². The van der Waals surface area contributed by atoms with Gasteiger partial charge in [0.2, 0.25) is 5.91 Å². The lowest BCUT2D eigenvalue weighted by Gasteiger charge is -2.32. The van der Waals surface area contributed by atoms with Gasteiger partial charge in [-0.2, -0.15) is 13.2 Å². The molecule has 19 heavy (non-hydrogen) atoms. The Kier molecular flexibility index (Phi) is 6.06. The van der Waals surface area contributed by atoms with Crippen LogP contribution in [0.2, 0.25) is 0 Å². The molecule has 1 amide bonds. The maximum absolute atomic E-state index is 12.2. The zero-order chi connectivity index (χ0) is 14.5. The van der Waals surface area contributed by atoms with Crippen molar-refractivity contribution in [2.45, 2.75) is 31.5 Å². The van der Waals surface area contributed by atoms with Crippen LogP contribution in [0, 0.1) is 0 Å². The Morgan fingerprint density at radius 2 is 1.89 bits per heavy atom. The molecule has 1 saturated heterocycles. The molecule has 1 aliphatic rings. The smallest absolute Gasteiger partial charge is 0.349 e. The summed E-state index contributed by atoms with van der Waals surface area (Å²) in [7, 11) is 3.41. The molecule has 0 atom stereocenters. The fourth-order valence-corrected chi connectivity index (χ4v) is 2.16. The van der Waals surface area contributed by atoms with E-state index in [1.807, 2.05) is 0 Å². The van der Waals surface area contributed by atoms with E-state index in [1.165, 1.54) is 9.80 Å². The van der Waals surface area contributed by atoms with Crippen molar-refractivity contribution in [1.82, 2.24) is 15.1 Å². The highest BCUT2D eigenvalue weighted by Gasteiger charge is 2.32. The molecule has 0 aromatic rings. The molecule has 1 fully saturated rings. The number of carbonyl (C=O) groups excluding carboxylic acids is 1. The van der Waals surface area contributed by atoms with E-state index in [1.54, 1.807) is 14.1 Å². The fraction of sp³-hybridized carbons (Fsp3) is 0.917. The maximum atomic E-state index is 12.2. The number of rotatable bonds is 5. The van der Waals surface area contributed by atoms with E-state index in [0.29, 0.717) is 38.9 Å². The first-order valence-corrected chi connectivity index (χ1v) is 6.50. The van der Waals surface area contributed by atoms with Gasteiger partial charge in [0.1, 0.15) is 0 Å². The molecule has 0 aromatic carbocycles. The molecule has 0 saturated carbocycles. The third kappa shape index (κ3) is 6.77. The monoisotopic (exact) mass is 281 g/mol. The molecule has 1 heterocycles. The Morgan fingerprint density at radius 1 is 1.32 bits per heavy atom. The van der Waals surface area contributed by atoms with Gasteiger partial charge in [-0.05, 0) is 25.9 Å². The van der Waals surface area contributed by atoms with Gasteiger partial charge in [0.05, 0.1) is 6.54 Å². The Bertz CT molecular complexity index is 286. The van der Waals surface area contributed by atoms with Gasteiger partial charge in [-0.1, -0.05) is 0 Å². The minimum Gasteiger partial charge on any atom is -0.349 e. The van der Waals surface area contributed by atoms with Gasteiger partial charge < -0.3 is 10.2 Å². The first-order chi connectivity index (χ1) is 8.78. The van der Waals surface area contributed by atoms with Gasteiger partial charge in [-0.15, -0.1) is 0 Å². The Labute approximate surface area is 111 Å². The number of nitrogens with zero attached hydrogens (tertiary/aromatic N) is 2. The van der Waals surface area contributed by atoms with Crippen LogP contribution in [-0.2, 0) is 4.79 Å². The molecule has 1 N–H and O–H groups in total. The average Bonchev–Trinajstić information content (AvgIpc) is 2.29. The second-order valence-electron chi connectivity index (χ2n) is 5.16. The van der Waals surface area contributed by atoms with Gasteiger partial charge >= 0.3 is 6.18 Å². The number of amides is 1. The lowest BCUT2D eigenvalue weighted by atomic mass is 10.0. The number of hydrogen-bond acceptors (Lipinski definition) is 3. The molecule has 0 radical (unpaired) electrons. The summed E-state index contributed by atoms with van der Waals surface area (Å²) in [5.41, 5.74) is 0. The van der Waals surface area contributed by atoms with E-state index < -0.39 is 12.7 Å². The van der Waals surface area contributed by atoms with E-state index >= 15 is 0 Å². The molecule has 0 spiro atoms. The molecule has 1 rings (SSSR count). The van der Waals surface area contributed by atoms with Crippen molar-refractivity contribution in [3.63, 3.8) is 0 Å². The van der Waals surface area contributed by atoms with Crippen molar-refractivity contribution < 1.29 is 18.0 Å². The predicted octanol–water partition coefficient (Wildman–Crippen LogP) is 1.08. The van der Waals surface area contributed by atoms with Crippen LogP contribution in [0.1, 0.15) is 19.3 Å². The minimum absolute atomic E-state index is 0.0574. The predicted molar refractivity (Wildman–Crippen MR) is 66.8 cm³/mol. The minimum atomic E-state index is -4.11. The number of piperidine rings is 1. The van der Waals surface area contributed by atoms with Crippen LogP contribution in [0.4, 0.5) is 13.2 Å². The molecule has 7 heteroatoms. The Morgan fingerprint density at radius 3 is 2.37 bits per heavy atom. The zero-order valence-electron chi connectivity index (χ0n) is 11.5. The molecule has 0 aromatic heterocycles. The highest BCUT2D eigenvalue weighted by atomic mass is 19.4. The topological polar surface area (TPSA) is 35.6 Å². The van der Waals surface area contributed by atoms with Crippen LogP contribution >= 0.6 is 0 Å². The Hall–Kier alpha value is -0.820. The number of halogens is 3. The maximum Gasteiger partial charge on any atom is 0.401 e. The van der Waals surface area contributed by atoms with Crippen molar-refractivity contribution in [1.29, 1.82) is 0 Å². The van der Waals surface area contributed by atoms with Crippen LogP contribution in [0.3, 0.4) is 0 Å². The van der Waals surface area contributed by atoms with E-state index in [0.717, 1.165) is 0 Å². The summed E-state index contributed by atoms with van der Waals surface area (Å²) in [6, 6.07) is 0.222. The molecule has 1 aliphatic heterocycles. The van der Waals surface area contributed by atoms with Crippen LogP contribution in [-0.4, -0.2) is 68.2 Å². The number of likely N-dealkylation sites (tertiary alicyclic amines) is 1. The molecular formula is C12H22F3N3O. The van der Waals surface area contributed by atoms with Gasteiger partial charge in [0, 0.05) is 33.1 Å². The third-order valence-corrected chi connectivity index (χ3v) is 3.26. The van der Waals surface area contributed by atoms with Crippen molar-refractivity contribution >= 4 is 5.91 Å². The first-order valence-electron chi connectivity index (χ1n) is 6.50. The first kappa shape index (κ1) is 16.2. The summed E-state index contributed by atoms with van der Waals surface area (Å²) in [6.45, 7) is 0.678. The highest BCUT2D eigenvalue weighted by molar-refractivity contribution is 5.75. The summed E-state index contributed by atoms with van der Waals surface area (Å²) < 4.78 is 36.6. The molecule has 4 nitrogen and oxygen atoms in total. The van der Waals surface area contributed by atoms with Crippen molar-refractivity contribution in [2.24, 2.45) is 0 Å². The second-order valence-corrected chi connectivity index (χ2v) is 5.16. The summed E-state index contributed by atoms with van der Waals surface area (Å²) in [5.74, 6) is 0.0574. The lowest BCUT2D eigenvalue weighted by molar-refractivity contribution is -0.148. The van der Waals surface area contributed by atoms with Gasteiger partial charge in [0.25, 0.3) is 0 Å². The molecule has 112 valence electrons. The van der Waals surface area contributed by atoms with Crippen molar-refractivity contribution in [2.75, 3.05) is 40.3 Å². The van der Waals surface area contributed by atoms with Crippen LogP contribution < -0.4 is 5.32 Å². The third-order valence-electron chi connectivity index (χ3n) is 3.26. The van der Waals surface area contributed by atoms with E-state index in [-0.39, 0.29) is 11.9 Å². The normalized spacial score (nSPS) is 18.6. The van der Waals surface area contributed by atoms with Crippen LogP contribution in [0.15, 0.2) is 0 Å². The van der Waals surface area contributed by atoms with Gasteiger partial charge in [-0.25, -0.2) is 0 Å². The summed E-state index contributed by atoms with van der Waals surface area (Å²) in [5, 5.41) is 3.24. The van der Waals surface area contributed by atoms with Crippen LogP contribution in [0.5, 0.6) is 0 Å². The summed E-state index contributed by atoms with van der Waals surface area (Å²) in [4.78, 5) is 14.3. The summed E-state index contributed by atoms with van der Waals surface area (Å²) in [6.07, 6.45) is -2.29. The zero-order valence-corrected chi connectivity index (χ0v) is 11.5. The lowest BCUT2D eigenvalue weighted by Crippen LogP contribution is -2.46. The average molecular weight is 281 g/mol. The fourth-order valence-electron chi connectivity index (χ4n) is 2.16. The number of alkyl halides is 3.